The smallest absolute Gasteiger partial charge is 0.229 e. The van der Waals surface area contributed by atoms with Crippen molar-refractivity contribution in [2.75, 3.05) is 24.9 Å². The summed E-state index contributed by atoms with van der Waals surface area (Å²) < 4.78 is 10.7. The minimum absolute atomic E-state index is 0.299. The Kier molecular flexibility index (Phi) is 8.39. The van der Waals surface area contributed by atoms with Gasteiger partial charge in [-0.2, -0.15) is 0 Å². The fraction of sp³-hybridized carbons (Fsp3) is 0.217. The number of guanidine groups is 1. The molecule has 0 atom stereocenters. The van der Waals surface area contributed by atoms with Crippen molar-refractivity contribution in [3.8, 4) is 11.5 Å². The molecule has 172 valence electrons. The maximum Gasteiger partial charge on any atom is 0.229 e. The molecular formula is C23H25ClN6O2S. The molecular weight excluding hydrogens is 460 g/mol. The zero-order valence-electron chi connectivity index (χ0n) is 18.8. The van der Waals surface area contributed by atoms with Gasteiger partial charge in [0.1, 0.15) is 11.5 Å². The largest absolute Gasteiger partial charge is 0.497 e. The van der Waals surface area contributed by atoms with Crippen LogP contribution in [-0.2, 0) is 6.54 Å². The van der Waals surface area contributed by atoms with Crippen LogP contribution in [0.25, 0.3) is 0 Å². The number of methoxy groups -OCH3 is 2. The third kappa shape index (κ3) is 7.30. The van der Waals surface area contributed by atoms with Crippen LogP contribution >= 0.6 is 23.8 Å². The summed E-state index contributed by atoms with van der Waals surface area (Å²) >= 11 is 11.5. The van der Waals surface area contributed by atoms with Crippen molar-refractivity contribution in [3.05, 3.63) is 70.5 Å². The van der Waals surface area contributed by atoms with Crippen molar-refractivity contribution in [2.45, 2.75) is 20.4 Å². The van der Waals surface area contributed by atoms with E-state index >= 15 is 0 Å². The second kappa shape index (κ2) is 11.4. The lowest BCUT2D eigenvalue weighted by molar-refractivity contribution is 0.405. The number of benzene rings is 2. The Morgan fingerprint density at radius 2 is 1.67 bits per heavy atom. The quantitative estimate of drug-likeness (QED) is 0.263. The molecule has 0 aliphatic carbocycles. The molecule has 8 nitrogen and oxygen atoms in total. The molecule has 0 aliphatic heterocycles. The highest BCUT2D eigenvalue weighted by atomic mass is 35.5. The van der Waals surface area contributed by atoms with Gasteiger partial charge in [0.2, 0.25) is 11.9 Å². The number of aryl methyl sites for hydroxylation is 2. The number of anilines is 2. The second-order valence-corrected chi connectivity index (χ2v) is 7.88. The van der Waals surface area contributed by atoms with E-state index in [1.807, 2.05) is 44.2 Å². The summed E-state index contributed by atoms with van der Waals surface area (Å²) in [4.78, 5) is 13.5. The molecule has 0 spiro atoms. The zero-order chi connectivity index (χ0) is 23.8. The zero-order valence-corrected chi connectivity index (χ0v) is 20.3. The summed E-state index contributed by atoms with van der Waals surface area (Å²) in [6, 6.07) is 14.7. The van der Waals surface area contributed by atoms with Gasteiger partial charge in [0, 0.05) is 22.5 Å². The van der Waals surface area contributed by atoms with Crippen LogP contribution in [0.15, 0.2) is 53.5 Å². The maximum absolute atomic E-state index is 5.98. The first-order valence-corrected chi connectivity index (χ1v) is 10.8. The predicted octanol–water partition coefficient (Wildman–Crippen LogP) is 4.72. The highest BCUT2D eigenvalue weighted by Gasteiger charge is 2.10. The van der Waals surface area contributed by atoms with E-state index < -0.39 is 0 Å². The van der Waals surface area contributed by atoms with Gasteiger partial charge in [0.15, 0.2) is 5.11 Å². The minimum atomic E-state index is 0.299. The third-order valence-corrected chi connectivity index (χ3v) is 4.89. The first kappa shape index (κ1) is 24.2. The molecule has 0 fully saturated rings. The molecule has 0 bridgehead atoms. The molecule has 0 amide bonds. The normalized spacial score (nSPS) is 11.0. The number of nitrogens with zero attached hydrogens (tertiary/aromatic N) is 3. The van der Waals surface area contributed by atoms with E-state index in [2.05, 4.69) is 30.9 Å². The van der Waals surface area contributed by atoms with Crippen molar-refractivity contribution >= 4 is 46.5 Å². The highest BCUT2D eigenvalue weighted by molar-refractivity contribution is 7.80. The van der Waals surface area contributed by atoms with Gasteiger partial charge in [0.25, 0.3) is 0 Å². The second-order valence-electron chi connectivity index (χ2n) is 7.04. The summed E-state index contributed by atoms with van der Waals surface area (Å²) in [5.74, 6) is 2.08. The molecule has 0 radical (unpaired) electrons. The number of thiocarbonyl (C=S) groups is 1. The van der Waals surface area contributed by atoms with Crippen LogP contribution in [-0.4, -0.2) is 35.3 Å². The number of aromatic nitrogens is 2. The van der Waals surface area contributed by atoms with Gasteiger partial charge < -0.3 is 20.1 Å². The molecule has 33 heavy (non-hydrogen) atoms. The monoisotopic (exact) mass is 484 g/mol. The van der Waals surface area contributed by atoms with Crippen LogP contribution in [0.3, 0.4) is 0 Å². The van der Waals surface area contributed by atoms with Crippen LogP contribution in [0.2, 0.25) is 5.02 Å². The van der Waals surface area contributed by atoms with Crippen LogP contribution in [0.5, 0.6) is 11.5 Å². The Hall–Kier alpha value is -3.43. The van der Waals surface area contributed by atoms with Crippen LogP contribution in [0, 0.1) is 13.8 Å². The lowest BCUT2D eigenvalue weighted by atomic mass is 10.2. The van der Waals surface area contributed by atoms with Crippen LogP contribution in [0.1, 0.15) is 17.0 Å². The molecule has 10 heteroatoms. The number of aliphatic imine (C=N–C) groups is 1. The van der Waals surface area contributed by atoms with Gasteiger partial charge in [-0.05, 0) is 62.0 Å². The Morgan fingerprint density at radius 3 is 2.30 bits per heavy atom. The highest BCUT2D eigenvalue weighted by Crippen LogP contribution is 2.28. The number of rotatable bonds is 6. The van der Waals surface area contributed by atoms with Crippen molar-refractivity contribution in [2.24, 2.45) is 4.99 Å². The van der Waals surface area contributed by atoms with Gasteiger partial charge >= 0.3 is 0 Å². The maximum atomic E-state index is 5.98. The first-order valence-electron chi connectivity index (χ1n) is 10.0. The Labute approximate surface area is 203 Å². The molecule has 3 N–H and O–H groups in total. The summed E-state index contributed by atoms with van der Waals surface area (Å²) in [5, 5.41) is 10.3. The third-order valence-electron chi connectivity index (χ3n) is 4.43. The molecule has 2 aromatic carbocycles. The molecule has 1 aromatic heterocycles. The SMILES string of the molecule is COc1ccc(OC)c(NC(=S)NC(=NCc2ccc(Cl)cc2)Nc2nc(C)cc(C)n2)c1. The van der Waals surface area contributed by atoms with Crippen molar-refractivity contribution in [3.63, 3.8) is 0 Å². The fourth-order valence-corrected chi connectivity index (χ4v) is 3.26. The topological polar surface area (TPSA) is 92.7 Å². The first-order chi connectivity index (χ1) is 15.9. The van der Waals surface area contributed by atoms with Gasteiger partial charge in [-0.1, -0.05) is 23.7 Å². The number of hydrogen-bond donors (Lipinski definition) is 3. The lowest BCUT2D eigenvalue weighted by Gasteiger charge is -2.16. The van der Waals surface area contributed by atoms with E-state index in [1.54, 1.807) is 32.4 Å². The van der Waals surface area contributed by atoms with Crippen molar-refractivity contribution in [1.82, 2.24) is 15.3 Å². The van der Waals surface area contributed by atoms with E-state index in [0.717, 1.165) is 17.0 Å². The summed E-state index contributed by atoms with van der Waals surface area (Å²) in [5.41, 5.74) is 3.30. The average molecular weight is 485 g/mol. The van der Waals surface area contributed by atoms with Crippen molar-refractivity contribution < 1.29 is 9.47 Å². The van der Waals surface area contributed by atoms with Gasteiger partial charge in [-0.3, -0.25) is 5.32 Å². The molecule has 0 saturated carbocycles. The number of hydrogen-bond acceptors (Lipinski definition) is 6. The Balaban J connectivity index is 1.81. The molecule has 3 aromatic rings. The van der Waals surface area contributed by atoms with Crippen LogP contribution in [0.4, 0.5) is 11.6 Å². The standard InChI is InChI=1S/C23H25ClN6O2S/c1-14-11-15(2)27-22(26-14)29-21(25-13-16-5-7-17(24)8-6-16)30-23(33)28-19-12-18(31-3)9-10-20(19)32-4/h5-12H,13H2,1-4H3,(H3,25,26,27,28,29,30,33). The molecule has 0 unspecified atom stereocenters. The fourth-order valence-electron chi connectivity index (χ4n) is 2.93. The molecule has 3 rings (SSSR count). The van der Waals surface area contributed by atoms with Gasteiger partial charge in [0.05, 0.1) is 26.5 Å². The van der Waals surface area contributed by atoms with E-state index in [9.17, 15) is 0 Å². The number of nitrogens with one attached hydrogen (secondary N) is 3. The molecule has 0 aliphatic rings. The number of halogens is 1. The van der Waals surface area contributed by atoms with E-state index in [4.69, 9.17) is 33.3 Å². The van der Waals surface area contributed by atoms with Gasteiger partial charge in [-0.15, -0.1) is 0 Å². The van der Waals surface area contributed by atoms with E-state index in [1.165, 1.54) is 0 Å². The van der Waals surface area contributed by atoms with E-state index in [-0.39, 0.29) is 0 Å². The Morgan fingerprint density at radius 1 is 0.970 bits per heavy atom. The molecule has 0 saturated heterocycles. The summed E-state index contributed by atoms with van der Waals surface area (Å²) in [6.45, 7) is 4.19. The van der Waals surface area contributed by atoms with Crippen LogP contribution < -0.4 is 25.4 Å². The number of ether oxygens (including phenoxy) is 2. The lowest BCUT2D eigenvalue weighted by Crippen LogP contribution is -2.39. The average Bonchev–Trinajstić information content (AvgIpc) is 2.77. The van der Waals surface area contributed by atoms with Crippen molar-refractivity contribution in [1.29, 1.82) is 0 Å². The Bertz CT molecular complexity index is 1130. The molecule has 1 heterocycles. The summed E-state index contributed by atoms with van der Waals surface area (Å²) in [7, 11) is 3.18. The summed E-state index contributed by atoms with van der Waals surface area (Å²) in [6.07, 6.45) is 0. The van der Waals surface area contributed by atoms with E-state index in [0.29, 0.717) is 45.8 Å². The minimum Gasteiger partial charge on any atom is -0.497 e. The van der Waals surface area contributed by atoms with Gasteiger partial charge in [-0.25, -0.2) is 15.0 Å². The predicted molar refractivity (Wildman–Crippen MR) is 137 cm³/mol.